The summed E-state index contributed by atoms with van der Waals surface area (Å²) in [5.74, 6) is 0.851. The Morgan fingerprint density at radius 1 is 1.18 bits per heavy atom. The normalized spacial score (nSPS) is 16.1. The molecule has 0 fully saturated rings. The molecular formula is C22H25N3O2S. The highest BCUT2D eigenvalue weighted by Gasteiger charge is 2.33. The number of benzene rings is 2. The lowest BCUT2D eigenvalue weighted by Gasteiger charge is -2.38. The predicted octanol–water partition coefficient (Wildman–Crippen LogP) is 3.64. The molecule has 0 bridgehead atoms. The number of hydrogen-bond donors (Lipinski definition) is 2. The molecule has 1 aliphatic heterocycles. The SMILES string of the molecule is COCCNC(=S)N1CCc2c([nH]c3ccccc23)C1c1ccc(OC)cc1. The maximum absolute atomic E-state index is 5.74. The summed E-state index contributed by atoms with van der Waals surface area (Å²) in [5.41, 5.74) is 4.95. The quantitative estimate of drug-likeness (QED) is 0.510. The Labute approximate surface area is 170 Å². The summed E-state index contributed by atoms with van der Waals surface area (Å²) < 4.78 is 10.5. The fraction of sp³-hybridized carbons (Fsp3) is 0.318. The minimum atomic E-state index is 0.0320. The van der Waals surface area contributed by atoms with Crippen LogP contribution in [-0.4, -0.2) is 48.9 Å². The Bertz CT molecular complexity index is 968. The zero-order valence-corrected chi connectivity index (χ0v) is 17.0. The van der Waals surface area contributed by atoms with Crippen LogP contribution in [0.4, 0.5) is 0 Å². The Morgan fingerprint density at radius 3 is 2.71 bits per heavy atom. The molecule has 2 N–H and O–H groups in total. The predicted molar refractivity (Wildman–Crippen MR) is 116 cm³/mol. The minimum absolute atomic E-state index is 0.0320. The lowest BCUT2D eigenvalue weighted by atomic mass is 9.92. The van der Waals surface area contributed by atoms with Crippen LogP contribution < -0.4 is 10.1 Å². The Kier molecular flexibility index (Phi) is 5.50. The van der Waals surface area contributed by atoms with Gasteiger partial charge in [-0.05, 0) is 48.0 Å². The van der Waals surface area contributed by atoms with Gasteiger partial charge in [-0.15, -0.1) is 0 Å². The van der Waals surface area contributed by atoms with Crippen LogP contribution in [0.15, 0.2) is 48.5 Å². The molecule has 1 unspecified atom stereocenters. The van der Waals surface area contributed by atoms with E-state index >= 15 is 0 Å². The summed E-state index contributed by atoms with van der Waals surface area (Å²) in [6, 6.07) is 16.8. The Morgan fingerprint density at radius 2 is 1.96 bits per heavy atom. The van der Waals surface area contributed by atoms with E-state index in [1.807, 2.05) is 12.1 Å². The van der Waals surface area contributed by atoms with Gasteiger partial charge in [0, 0.05) is 36.8 Å². The van der Waals surface area contributed by atoms with Crippen molar-refractivity contribution >= 4 is 28.2 Å². The van der Waals surface area contributed by atoms with Crippen molar-refractivity contribution in [1.29, 1.82) is 0 Å². The van der Waals surface area contributed by atoms with Crippen LogP contribution in [0, 0.1) is 0 Å². The van der Waals surface area contributed by atoms with E-state index in [1.54, 1.807) is 14.2 Å². The molecular weight excluding hydrogens is 370 g/mol. The van der Waals surface area contributed by atoms with E-state index in [4.69, 9.17) is 21.7 Å². The van der Waals surface area contributed by atoms with E-state index in [0.29, 0.717) is 13.2 Å². The molecule has 6 heteroatoms. The summed E-state index contributed by atoms with van der Waals surface area (Å²) in [7, 11) is 3.38. The fourth-order valence-electron chi connectivity index (χ4n) is 3.95. The number of thiocarbonyl (C=S) groups is 1. The van der Waals surface area contributed by atoms with Crippen LogP contribution >= 0.6 is 12.2 Å². The molecule has 1 atom stereocenters. The van der Waals surface area contributed by atoms with Crippen molar-refractivity contribution in [2.45, 2.75) is 12.5 Å². The number of nitrogens with zero attached hydrogens (tertiary/aromatic N) is 1. The molecule has 146 valence electrons. The van der Waals surface area contributed by atoms with Crippen molar-refractivity contribution in [2.75, 3.05) is 33.9 Å². The number of H-pyrrole nitrogens is 1. The van der Waals surface area contributed by atoms with Crippen LogP contribution in [-0.2, 0) is 11.2 Å². The summed E-state index contributed by atoms with van der Waals surface area (Å²) in [4.78, 5) is 5.93. The largest absolute Gasteiger partial charge is 0.497 e. The summed E-state index contributed by atoms with van der Waals surface area (Å²) in [6.45, 7) is 2.18. The first-order chi connectivity index (χ1) is 13.7. The van der Waals surface area contributed by atoms with Crippen molar-refractivity contribution in [3.8, 4) is 5.75 Å². The number of methoxy groups -OCH3 is 2. The first-order valence-electron chi connectivity index (χ1n) is 9.49. The molecule has 0 saturated carbocycles. The average Bonchev–Trinajstić information content (AvgIpc) is 3.12. The molecule has 0 aliphatic carbocycles. The van der Waals surface area contributed by atoms with Gasteiger partial charge in [-0.25, -0.2) is 0 Å². The van der Waals surface area contributed by atoms with Crippen LogP contribution in [0.5, 0.6) is 5.75 Å². The van der Waals surface area contributed by atoms with E-state index in [2.05, 4.69) is 51.6 Å². The smallest absolute Gasteiger partial charge is 0.169 e. The van der Waals surface area contributed by atoms with Gasteiger partial charge in [-0.1, -0.05) is 30.3 Å². The lowest BCUT2D eigenvalue weighted by Crippen LogP contribution is -2.46. The summed E-state index contributed by atoms with van der Waals surface area (Å²) in [6.07, 6.45) is 0.956. The van der Waals surface area contributed by atoms with Crippen molar-refractivity contribution in [3.05, 3.63) is 65.4 Å². The number of aromatic nitrogens is 1. The van der Waals surface area contributed by atoms with E-state index in [1.165, 1.54) is 27.7 Å². The zero-order valence-electron chi connectivity index (χ0n) is 16.2. The van der Waals surface area contributed by atoms with Crippen LogP contribution in [0.1, 0.15) is 22.9 Å². The molecule has 2 heterocycles. The van der Waals surface area contributed by atoms with Crippen LogP contribution in [0.2, 0.25) is 0 Å². The second kappa shape index (κ2) is 8.20. The third-order valence-electron chi connectivity index (χ3n) is 5.31. The number of fused-ring (bicyclic) bond motifs is 3. The van der Waals surface area contributed by atoms with Crippen molar-refractivity contribution in [2.24, 2.45) is 0 Å². The number of ether oxygens (including phenoxy) is 2. The topological polar surface area (TPSA) is 49.5 Å². The van der Waals surface area contributed by atoms with E-state index < -0.39 is 0 Å². The van der Waals surface area contributed by atoms with Gasteiger partial charge in [-0.2, -0.15) is 0 Å². The molecule has 2 aromatic carbocycles. The molecule has 28 heavy (non-hydrogen) atoms. The highest BCUT2D eigenvalue weighted by molar-refractivity contribution is 7.80. The van der Waals surface area contributed by atoms with Crippen molar-refractivity contribution < 1.29 is 9.47 Å². The maximum atomic E-state index is 5.74. The molecule has 0 radical (unpaired) electrons. The van der Waals surface area contributed by atoms with Gasteiger partial charge in [0.25, 0.3) is 0 Å². The molecule has 4 rings (SSSR count). The number of nitrogens with one attached hydrogen (secondary N) is 2. The third kappa shape index (κ3) is 3.45. The van der Waals surface area contributed by atoms with Crippen LogP contribution in [0.3, 0.4) is 0 Å². The third-order valence-corrected chi connectivity index (χ3v) is 5.69. The first kappa shape index (κ1) is 18.8. The van der Waals surface area contributed by atoms with Gasteiger partial charge >= 0.3 is 0 Å². The second-order valence-electron chi connectivity index (χ2n) is 6.91. The van der Waals surface area contributed by atoms with E-state index in [0.717, 1.165) is 23.8 Å². The molecule has 0 spiro atoms. The number of para-hydroxylation sites is 1. The molecule has 5 nitrogen and oxygen atoms in total. The van der Waals surface area contributed by atoms with Gasteiger partial charge in [0.1, 0.15) is 5.75 Å². The number of rotatable bonds is 5. The monoisotopic (exact) mass is 395 g/mol. The molecule has 1 aliphatic rings. The van der Waals surface area contributed by atoms with Gasteiger partial charge < -0.3 is 24.7 Å². The van der Waals surface area contributed by atoms with E-state index in [9.17, 15) is 0 Å². The maximum Gasteiger partial charge on any atom is 0.169 e. The van der Waals surface area contributed by atoms with Crippen LogP contribution in [0.25, 0.3) is 10.9 Å². The van der Waals surface area contributed by atoms with Crippen molar-refractivity contribution in [1.82, 2.24) is 15.2 Å². The Hall–Kier alpha value is -2.57. The molecule has 1 aromatic heterocycles. The molecule has 0 amide bonds. The lowest BCUT2D eigenvalue weighted by molar-refractivity contribution is 0.202. The minimum Gasteiger partial charge on any atom is -0.497 e. The van der Waals surface area contributed by atoms with Gasteiger partial charge in [0.05, 0.1) is 19.8 Å². The summed E-state index contributed by atoms with van der Waals surface area (Å²) in [5, 5.41) is 5.39. The van der Waals surface area contributed by atoms with Gasteiger partial charge in [0.2, 0.25) is 0 Å². The van der Waals surface area contributed by atoms with Crippen molar-refractivity contribution in [3.63, 3.8) is 0 Å². The Balaban J connectivity index is 1.75. The zero-order chi connectivity index (χ0) is 19.5. The highest BCUT2D eigenvalue weighted by atomic mass is 32.1. The summed E-state index contributed by atoms with van der Waals surface area (Å²) >= 11 is 5.74. The first-order valence-corrected chi connectivity index (χ1v) is 9.90. The second-order valence-corrected chi connectivity index (χ2v) is 7.29. The average molecular weight is 396 g/mol. The number of aromatic amines is 1. The standard InChI is InChI=1S/C22H25N3O2S/c1-26-14-12-23-22(28)25-13-11-18-17-5-3-4-6-19(17)24-20(18)21(25)15-7-9-16(27-2)10-8-15/h3-10,21,24H,11-14H2,1-2H3,(H,23,28). The van der Waals surface area contributed by atoms with Gasteiger partial charge in [-0.3, -0.25) is 0 Å². The molecule has 0 saturated heterocycles. The van der Waals surface area contributed by atoms with E-state index in [-0.39, 0.29) is 6.04 Å². The fourth-order valence-corrected chi connectivity index (χ4v) is 4.25. The van der Waals surface area contributed by atoms with Gasteiger partial charge in [0.15, 0.2) is 5.11 Å². The number of hydrogen-bond acceptors (Lipinski definition) is 3. The molecule has 3 aromatic rings. The highest BCUT2D eigenvalue weighted by Crippen LogP contribution is 2.38.